The van der Waals surface area contributed by atoms with E-state index in [9.17, 15) is 4.39 Å². The van der Waals surface area contributed by atoms with Crippen LogP contribution in [0.4, 0.5) is 4.39 Å². The zero-order valence-electron chi connectivity index (χ0n) is 14.6. The van der Waals surface area contributed by atoms with Crippen LogP contribution in [0, 0.1) is 23.6 Å². The molecule has 0 radical (unpaired) electrons. The lowest BCUT2D eigenvalue weighted by molar-refractivity contribution is 0.245. The fourth-order valence-corrected chi connectivity index (χ4v) is 4.93. The average Bonchev–Trinajstić information content (AvgIpc) is 3.37. The highest BCUT2D eigenvalue weighted by atomic mass is 19.1. The summed E-state index contributed by atoms with van der Waals surface area (Å²) in [5.74, 6) is 2.17. The summed E-state index contributed by atoms with van der Waals surface area (Å²) in [5.41, 5.74) is 0.858. The van der Waals surface area contributed by atoms with Crippen molar-refractivity contribution in [3.8, 4) is 0 Å². The molecule has 2 aliphatic carbocycles. The molecule has 1 aromatic heterocycles. The fourth-order valence-electron chi connectivity index (χ4n) is 4.93. The molecule has 2 aromatic rings. The molecule has 0 amide bonds. The Morgan fingerprint density at radius 1 is 1.20 bits per heavy atom. The summed E-state index contributed by atoms with van der Waals surface area (Å²) in [6, 6.07) is 7.47. The van der Waals surface area contributed by atoms with E-state index in [-0.39, 0.29) is 11.9 Å². The van der Waals surface area contributed by atoms with Gasteiger partial charge in [-0.15, -0.1) is 5.10 Å². The Bertz CT molecular complexity index is 672. The van der Waals surface area contributed by atoms with Crippen molar-refractivity contribution in [3.05, 3.63) is 48.0 Å². The number of hydrogen-bond donors (Lipinski definition) is 1. The topological polar surface area (TPSA) is 42.7 Å². The smallest absolute Gasteiger partial charge is 0.127 e. The molecule has 5 heteroatoms. The van der Waals surface area contributed by atoms with Crippen LogP contribution in [0.1, 0.15) is 50.1 Å². The van der Waals surface area contributed by atoms with E-state index in [1.807, 2.05) is 23.0 Å². The molecule has 134 valence electrons. The number of rotatable bonds is 8. The third-order valence-corrected chi connectivity index (χ3v) is 6.11. The summed E-state index contributed by atoms with van der Waals surface area (Å²) < 4.78 is 16.3. The van der Waals surface area contributed by atoms with Crippen LogP contribution in [0.3, 0.4) is 0 Å². The van der Waals surface area contributed by atoms with Gasteiger partial charge in [0.2, 0.25) is 0 Å². The van der Waals surface area contributed by atoms with Gasteiger partial charge >= 0.3 is 0 Å². The molecule has 0 unspecified atom stereocenters. The van der Waals surface area contributed by atoms with Gasteiger partial charge in [-0.3, -0.25) is 4.68 Å². The third kappa shape index (κ3) is 3.76. The molecular formula is C20H27FN4. The first-order chi connectivity index (χ1) is 12.3. The second kappa shape index (κ2) is 7.65. The largest absolute Gasteiger partial charge is 0.310 e. The van der Waals surface area contributed by atoms with Crippen molar-refractivity contribution in [2.45, 2.75) is 51.1 Å². The van der Waals surface area contributed by atoms with Gasteiger partial charge in [0, 0.05) is 24.3 Å². The van der Waals surface area contributed by atoms with Gasteiger partial charge in [-0.25, -0.2) is 4.39 Å². The average molecular weight is 342 g/mol. The monoisotopic (exact) mass is 342 g/mol. The lowest BCUT2D eigenvalue weighted by Gasteiger charge is -2.32. The lowest BCUT2D eigenvalue weighted by Crippen LogP contribution is -2.33. The molecule has 0 saturated heterocycles. The SMILES string of the molecule is Fc1ccccc1[C@H](NCCCCn1ccnn1)[C@H]1C[C@H]2CC[C@H]1C2. The highest BCUT2D eigenvalue weighted by molar-refractivity contribution is 5.23. The first-order valence-electron chi connectivity index (χ1n) is 9.63. The summed E-state index contributed by atoms with van der Waals surface area (Å²) in [5, 5.41) is 11.5. The van der Waals surface area contributed by atoms with Crippen molar-refractivity contribution in [1.29, 1.82) is 0 Å². The minimum Gasteiger partial charge on any atom is -0.310 e. The van der Waals surface area contributed by atoms with Gasteiger partial charge in [0.1, 0.15) is 5.82 Å². The Morgan fingerprint density at radius 2 is 2.12 bits per heavy atom. The number of aryl methyl sites for hydroxylation is 1. The molecule has 1 aromatic carbocycles. The quantitative estimate of drug-likeness (QED) is 0.738. The van der Waals surface area contributed by atoms with E-state index < -0.39 is 0 Å². The summed E-state index contributed by atoms with van der Waals surface area (Å²) >= 11 is 0. The maximum atomic E-state index is 14.4. The van der Waals surface area contributed by atoms with Crippen LogP contribution >= 0.6 is 0 Å². The molecule has 4 atom stereocenters. The number of nitrogens with zero attached hydrogens (tertiary/aromatic N) is 3. The molecule has 1 N–H and O–H groups in total. The van der Waals surface area contributed by atoms with E-state index in [1.54, 1.807) is 18.3 Å². The Labute approximate surface area is 148 Å². The molecule has 2 saturated carbocycles. The lowest BCUT2D eigenvalue weighted by atomic mass is 9.80. The maximum absolute atomic E-state index is 14.4. The predicted molar refractivity (Wildman–Crippen MR) is 95.3 cm³/mol. The first-order valence-corrected chi connectivity index (χ1v) is 9.63. The molecule has 25 heavy (non-hydrogen) atoms. The molecular weight excluding hydrogens is 315 g/mol. The Morgan fingerprint density at radius 3 is 2.84 bits per heavy atom. The normalized spacial score (nSPS) is 26.2. The zero-order valence-corrected chi connectivity index (χ0v) is 14.6. The molecule has 0 spiro atoms. The van der Waals surface area contributed by atoms with Gasteiger partial charge in [-0.1, -0.05) is 29.8 Å². The third-order valence-electron chi connectivity index (χ3n) is 6.11. The second-order valence-electron chi connectivity index (χ2n) is 7.67. The van der Waals surface area contributed by atoms with Gasteiger partial charge < -0.3 is 5.32 Å². The summed E-state index contributed by atoms with van der Waals surface area (Å²) in [6.45, 7) is 1.81. The Balaban J connectivity index is 1.37. The minimum atomic E-state index is -0.0645. The van der Waals surface area contributed by atoms with Crippen molar-refractivity contribution in [2.24, 2.45) is 17.8 Å². The van der Waals surface area contributed by atoms with E-state index in [1.165, 1.54) is 25.7 Å². The number of aromatic nitrogens is 3. The van der Waals surface area contributed by atoms with Crippen molar-refractivity contribution in [2.75, 3.05) is 6.54 Å². The van der Waals surface area contributed by atoms with Crippen LogP contribution in [-0.4, -0.2) is 21.5 Å². The summed E-state index contributed by atoms with van der Waals surface area (Å²) in [6.07, 6.45) is 11.0. The highest BCUT2D eigenvalue weighted by Crippen LogP contribution is 2.52. The van der Waals surface area contributed by atoms with Crippen molar-refractivity contribution in [3.63, 3.8) is 0 Å². The van der Waals surface area contributed by atoms with Crippen LogP contribution in [0.2, 0.25) is 0 Å². The van der Waals surface area contributed by atoms with E-state index in [2.05, 4.69) is 15.6 Å². The minimum absolute atomic E-state index is 0.0645. The number of fused-ring (bicyclic) bond motifs is 2. The van der Waals surface area contributed by atoms with E-state index in [0.29, 0.717) is 5.92 Å². The van der Waals surface area contributed by atoms with Gasteiger partial charge in [0.15, 0.2) is 0 Å². The van der Waals surface area contributed by atoms with Crippen LogP contribution < -0.4 is 5.32 Å². The maximum Gasteiger partial charge on any atom is 0.127 e. The van der Waals surface area contributed by atoms with E-state index in [0.717, 1.165) is 43.3 Å². The Hall–Kier alpha value is -1.75. The van der Waals surface area contributed by atoms with E-state index >= 15 is 0 Å². The molecule has 1 heterocycles. The fraction of sp³-hybridized carbons (Fsp3) is 0.600. The zero-order chi connectivity index (χ0) is 17.1. The highest BCUT2D eigenvalue weighted by Gasteiger charge is 2.43. The number of hydrogen-bond acceptors (Lipinski definition) is 3. The van der Waals surface area contributed by atoms with Crippen LogP contribution in [-0.2, 0) is 6.54 Å². The second-order valence-corrected chi connectivity index (χ2v) is 7.67. The number of benzene rings is 1. The molecule has 0 aliphatic heterocycles. The molecule has 4 rings (SSSR count). The molecule has 2 aliphatic rings. The number of unbranched alkanes of at least 4 members (excludes halogenated alkanes) is 1. The Kier molecular flexibility index (Phi) is 5.11. The van der Waals surface area contributed by atoms with Crippen LogP contribution in [0.15, 0.2) is 36.7 Å². The molecule has 2 fully saturated rings. The van der Waals surface area contributed by atoms with E-state index in [4.69, 9.17) is 0 Å². The van der Waals surface area contributed by atoms with Crippen molar-refractivity contribution in [1.82, 2.24) is 20.3 Å². The summed E-state index contributed by atoms with van der Waals surface area (Å²) in [4.78, 5) is 0. The van der Waals surface area contributed by atoms with Gasteiger partial charge in [0.25, 0.3) is 0 Å². The summed E-state index contributed by atoms with van der Waals surface area (Å²) in [7, 11) is 0. The number of halogens is 1. The standard InChI is InChI=1S/C20H27FN4/c21-19-6-2-1-5-17(19)20(18-14-15-7-8-16(18)13-15)22-9-3-4-11-25-12-10-23-24-25/h1-2,5-6,10,12,15-16,18,20,22H,3-4,7-9,11,13-14H2/t15-,16-,18-,20-/m0/s1. The van der Waals surface area contributed by atoms with Gasteiger partial charge in [-0.05, 0) is 62.5 Å². The van der Waals surface area contributed by atoms with Crippen molar-refractivity contribution < 1.29 is 4.39 Å². The van der Waals surface area contributed by atoms with Gasteiger partial charge in [-0.2, -0.15) is 0 Å². The van der Waals surface area contributed by atoms with Gasteiger partial charge in [0.05, 0.1) is 6.20 Å². The van der Waals surface area contributed by atoms with Crippen LogP contribution in [0.25, 0.3) is 0 Å². The van der Waals surface area contributed by atoms with Crippen LogP contribution in [0.5, 0.6) is 0 Å². The number of nitrogens with one attached hydrogen (secondary N) is 1. The molecule has 2 bridgehead atoms. The molecule has 4 nitrogen and oxygen atoms in total. The predicted octanol–water partition coefficient (Wildman–Crippen LogP) is 3.96. The van der Waals surface area contributed by atoms with Crippen molar-refractivity contribution >= 4 is 0 Å². The first kappa shape index (κ1) is 16.7.